The number of halogens is 1. The van der Waals surface area contributed by atoms with Crippen molar-refractivity contribution >= 4 is 52.0 Å². The highest BCUT2D eigenvalue weighted by Crippen LogP contribution is 2.52. The Bertz CT molecular complexity index is 1380. The van der Waals surface area contributed by atoms with Gasteiger partial charge in [0.05, 0.1) is 21.9 Å². The molecule has 0 saturated heterocycles. The monoisotopic (exact) mass is 544 g/mol. The fourth-order valence-electron chi connectivity index (χ4n) is 6.42. The number of carbonyl (C=O) groups excluding carboxylic acids is 5. The molecule has 2 saturated carbocycles. The van der Waals surface area contributed by atoms with Crippen LogP contribution in [-0.4, -0.2) is 76.9 Å². The number of carbonyl (C=O) groups is 5. The van der Waals surface area contributed by atoms with Crippen molar-refractivity contribution in [3.05, 3.63) is 39.7 Å². The quantitative estimate of drug-likeness (QED) is 0.494. The van der Waals surface area contributed by atoms with E-state index in [1.807, 2.05) is 0 Å². The van der Waals surface area contributed by atoms with Crippen LogP contribution >= 0.6 is 22.9 Å². The summed E-state index contributed by atoms with van der Waals surface area (Å²) in [5.74, 6) is -9.83. The highest BCUT2D eigenvalue weighted by atomic mass is 35.5. The molecule has 2 unspecified atom stereocenters. The van der Waals surface area contributed by atoms with Crippen molar-refractivity contribution in [2.75, 3.05) is 21.1 Å². The van der Waals surface area contributed by atoms with Crippen molar-refractivity contribution in [1.29, 1.82) is 0 Å². The summed E-state index contributed by atoms with van der Waals surface area (Å²) in [7, 11) is 4.41. The van der Waals surface area contributed by atoms with Crippen molar-refractivity contribution in [1.82, 2.24) is 10.2 Å². The molecular weight excluding hydrogens is 520 g/mol. The summed E-state index contributed by atoms with van der Waals surface area (Å²) >= 11 is 7.44. The summed E-state index contributed by atoms with van der Waals surface area (Å²) < 4.78 is 0.550. The van der Waals surface area contributed by atoms with Crippen LogP contribution in [0.4, 0.5) is 0 Å². The van der Waals surface area contributed by atoms with Crippen LogP contribution in [0.2, 0.25) is 4.34 Å². The summed E-state index contributed by atoms with van der Waals surface area (Å²) in [4.78, 5) is 69.2. The Morgan fingerprint density at radius 2 is 1.84 bits per heavy atom. The van der Waals surface area contributed by atoms with Gasteiger partial charge in [-0.05, 0) is 68.2 Å². The van der Waals surface area contributed by atoms with Crippen molar-refractivity contribution < 1.29 is 34.2 Å². The number of likely N-dealkylation sites (N-methyl/N-ethyl adjacent to an activating group) is 1. The first kappa shape index (κ1) is 25.7. The molecule has 0 radical (unpaired) electrons. The maximum Gasteiger partial charge on any atom is 0.238 e. The van der Waals surface area contributed by atoms with Crippen LogP contribution in [0.25, 0.3) is 10.4 Å². The molecule has 37 heavy (non-hydrogen) atoms. The lowest BCUT2D eigenvalue weighted by Gasteiger charge is -2.52. The maximum absolute atomic E-state index is 13.9. The smallest absolute Gasteiger partial charge is 0.238 e. The minimum atomic E-state index is -2.69. The highest BCUT2D eigenvalue weighted by Gasteiger charge is 2.69. The lowest BCUT2D eigenvalue weighted by atomic mass is 9.52. The molecule has 2 aromatic rings. The molecule has 3 aliphatic carbocycles. The maximum atomic E-state index is 13.9. The van der Waals surface area contributed by atoms with E-state index in [1.54, 1.807) is 32.3 Å². The molecule has 0 bridgehead atoms. The molecular formula is C26H25ClN2O7S. The van der Waals surface area contributed by atoms with Crippen LogP contribution in [0.15, 0.2) is 24.3 Å². The minimum Gasteiger partial charge on any atom is -0.507 e. The van der Waals surface area contributed by atoms with Crippen LogP contribution in [0.5, 0.6) is 5.75 Å². The Morgan fingerprint density at radius 3 is 2.43 bits per heavy atom. The van der Waals surface area contributed by atoms with Crippen molar-refractivity contribution in [2.24, 2.45) is 23.7 Å². The van der Waals surface area contributed by atoms with E-state index >= 15 is 0 Å². The number of phenolic OH excluding ortho intramolecular Hbond substituents is 1. The lowest BCUT2D eigenvalue weighted by Crippen LogP contribution is -2.74. The number of nitrogens with one attached hydrogen (secondary N) is 1. The van der Waals surface area contributed by atoms with Crippen LogP contribution < -0.4 is 5.32 Å². The van der Waals surface area contributed by atoms with Crippen molar-refractivity contribution in [2.45, 2.75) is 24.5 Å². The molecule has 5 rings (SSSR count). The standard InChI is InChI=1S/C26H25ClN2O7S/c1-28-25(35)19-22(32)20(29(2)3)13-9-10-8-12-11(15-6-7-16(27)37-15)4-5-14(30)18(12)21(31)17(10)23(33)26(13,36)24(19)34/h4-7,10,13,17,19-20,30,36H,8-9H2,1-3H3,(H,28,35)/t10-,13-,17?,19?,20-,26-/m0/s1. The zero-order chi connectivity index (χ0) is 27.0. The number of hydrogen-bond acceptors (Lipinski definition) is 9. The van der Waals surface area contributed by atoms with Crippen LogP contribution in [0.3, 0.4) is 0 Å². The third-order valence-corrected chi connectivity index (χ3v) is 9.27. The molecule has 3 N–H and O–H groups in total. The highest BCUT2D eigenvalue weighted by molar-refractivity contribution is 7.19. The second-order valence-corrected chi connectivity index (χ2v) is 11.8. The van der Waals surface area contributed by atoms with Gasteiger partial charge in [0.25, 0.3) is 0 Å². The number of nitrogens with zero attached hydrogens (tertiary/aromatic N) is 1. The Hall–Kier alpha value is -2.92. The molecule has 1 heterocycles. The average Bonchev–Trinajstić information content (AvgIpc) is 3.27. The Balaban J connectivity index is 1.65. The number of fused-ring (bicyclic) bond motifs is 3. The molecule has 0 spiro atoms. The van der Waals surface area contributed by atoms with E-state index in [9.17, 15) is 34.2 Å². The van der Waals surface area contributed by atoms with E-state index in [-0.39, 0.29) is 24.2 Å². The fourth-order valence-corrected chi connectivity index (χ4v) is 7.51. The minimum absolute atomic E-state index is 0.0231. The summed E-state index contributed by atoms with van der Waals surface area (Å²) in [5, 5.41) is 24.6. The lowest BCUT2D eigenvalue weighted by molar-refractivity contribution is -0.181. The number of hydrogen-bond donors (Lipinski definition) is 3. The average molecular weight is 545 g/mol. The van der Waals surface area contributed by atoms with Gasteiger partial charge in [-0.3, -0.25) is 28.9 Å². The van der Waals surface area contributed by atoms with Gasteiger partial charge in [-0.15, -0.1) is 11.3 Å². The van der Waals surface area contributed by atoms with Gasteiger partial charge < -0.3 is 15.5 Å². The van der Waals surface area contributed by atoms with Gasteiger partial charge in [-0.1, -0.05) is 11.6 Å². The van der Waals surface area contributed by atoms with E-state index in [1.165, 1.54) is 29.4 Å². The number of rotatable bonds is 3. The number of benzene rings is 1. The Labute approximate surface area is 221 Å². The Morgan fingerprint density at radius 1 is 1.14 bits per heavy atom. The molecule has 1 aromatic carbocycles. The zero-order valence-electron chi connectivity index (χ0n) is 20.3. The number of thiophene rings is 1. The molecule has 2 fully saturated rings. The van der Waals surface area contributed by atoms with Gasteiger partial charge >= 0.3 is 0 Å². The third kappa shape index (κ3) is 3.53. The van der Waals surface area contributed by atoms with E-state index in [4.69, 9.17) is 11.6 Å². The molecule has 3 aliphatic rings. The van der Waals surface area contributed by atoms with Crippen LogP contribution in [-0.2, 0) is 25.6 Å². The molecule has 11 heteroatoms. The van der Waals surface area contributed by atoms with Gasteiger partial charge in [0.15, 0.2) is 34.7 Å². The van der Waals surface area contributed by atoms with E-state index < -0.39 is 64.4 Å². The largest absolute Gasteiger partial charge is 0.507 e. The summed E-state index contributed by atoms with van der Waals surface area (Å²) in [5.41, 5.74) is -1.46. The van der Waals surface area contributed by atoms with Crippen LogP contribution in [0, 0.1) is 23.7 Å². The number of Topliss-reactive ketones (excluding diaryl/α,β-unsaturated/α-hetero) is 4. The second-order valence-electron chi connectivity index (χ2n) is 10.1. The van der Waals surface area contributed by atoms with E-state index in [0.717, 1.165) is 4.88 Å². The topological polar surface area (TPSA) is 141 Å². The molecule has 9 nitrogen and oxygen atoms in total. The summed E-state index contributed by atoms with van der Waals surface area (Å²) in [6.45, 7) is 0. The third-order valence-electron chi connectivity index (χ3n) is 8.01. The van der Waals surface area contributed by atoms with Gasteiger partial charge in [0.2, 0.25) is 5.91 Å². The van der Waals surface area contributed by atoms with Gasteiger partial charge in [-0.2, -0.15) is 0 Å². The number of ketones is 4. The summed E-state index contributed by atoms with van der Waals surface area (Å²) in [6, 6.07) is 5.50. The number of amides is 1. The van der Waals surface area contributed by atoms with E-state index in [2.05, 4.69) is 5.32 Å². The first-order valence-corrected chi connectivity index (χ1v) is 13.0. The van der Waals surface area contributed by atoms with Crippen molar-refractivity contribution in [3.8, 4) is 16.2 Å². The first-order valence-electron chi connectivity index (χ1n) is 11.8. The predicted molar refractivity (Wildman–Crippen MR) is 135 cm³/mol. The SMILES string of the molecule is CNC(=O)C1C(=O)[C@@H](N(C)C)[C@@H]2C[C@@H]3Cc4c(-c5ccc(Cl)s5)ccc(O)c4C(=O)C3C(=O)[C@]2(O)C1=O. The first-order chi connectivity index (χ1) is 17.4. The number of aliphatic hydroxyl groups is 1. The molecule has 0 aliphatic heterocycles. The van der Waals surface area contributed by atoms with Crippen LogP contribution in [0.1, 0.15) is 22.3 Å². The van der Waals surface area contributed by atoms with Gasteiger partial charge in [-0.25, -0.2) is 0 Å². The molecule has 1 amide bonds. The second kappa shape index (κ2) is 8.83. The predicted octanol–water partition coefficient (Wildman–Crippen LogP) is 1.51. The fraction of sp³-hybridized carbons (Fsp3) is 0.423. The number of phenols is 1. The van der Waals surface area contributed by atoms with Gasteiger partial charge in [0.1, 0.15) is 5.75 Å². The summed E-state index contributed by atoms with van der Waals surface area (Å²) in [6.07, 6.45) is 0.240. The van der Waals surface area contributed by atoms with E-state index in [0.29, 0.717) is 15.5 Å². The molecule has 194 valence electrons. The Kier molecular flexibility index (Phi) is 6.14. The molecule has 1 aromatic heterocycles. The van der Waals surface area contributed by atoms with Crippen molar-refractivity contribution in [3.63, 3.8) is 0 Å². The normalized spacial score (nSPS) is 31.1. The molecule has 6 atom stereocenters. The zero-order valence-corrected chi connectivity index (χ0v) is 21.9. The van der Waals surface area contributed by atoms with Gasteiger partial charge in [0, 0.05) is 17.8 Å². The number of aromatic hydroxyl groups is 1.